The first-order chi connectivity index (χ1) is 11.6. The first-order valence-electron chi connectivity index (χ1n) is 8.13. The van der Waals surface area contributed by atoms with Gasteiger partial charge in [0.15, 0.2) is 0 Å². The van der Waals surface area contributed by atoms with E-state index in [1.54, 1.807) is 30.3 Å². The molecule has 24 heavy (non-hydrogen) atoms. The van der Waals surface area contributed by atoms with E-state index in [1.807, 2.05) is 36.4 Å². The van der Waals surface area contributed by atoms with Crippen LogP contribution >= 0.6 is 0 Å². The summed E-state index contributed by atoms with van der Waals surface area (Å²) in [6.45, 7) is 2.78. The van der Waals surface area contributed by atoms with Crippen molar-refractivity contribution in [2.24, 2.45) is 0 Å². The van der Waals surface area contributed by atoms with Gasteiger partial charge in [-0.3, -0.25) is 4.90 Å². The van der Waals surface area contributed by atoms with E-state index in [-0.39, 0.29) is 4.90 Å². The maximum atomic E-state index is 12.5. The van der Waals surface area contributed by atoms with Gasteiger partial charge in [0.2, 0.25) is 0 Å². The Balaban J connectivity index is 1.86. The van der Waals surface area contributed by atoms with Gasteiger partial charge in [-0.1, -0.05) is 48.5 Å². The van der Waals surface area contributed by atoms with Crippen LogP contribution in [0.2, 0.25) is 0 Å². The Morgan fingerprint density at radius 3 is 2.17 bits per heavy atom. The molecule has 2 aromatic carbocycles. The van der Waals surface area contributed by atoms with Gasteiger partial charge in [0, 0.05) is 12.1 Å². The van der Waals surface area contributed by atoms with Crippen LogP contribution < -0.4 is 0 Å². The van der Waals surface area contributed by atoms with Crippen molar-refractivity contribution >= 4 is 15.9 Å². The topological polar surface area (TPSA) is 46.6 Å². The third kappa shape index (κ3) is 4.24. The minimum atomic E-state index is -3.84. The maximum Gasteiger partial charge on any atom is 0.339 e. The van der Waals surface area contributed by atoms with Gasteiger partial charge in [-0.15, -0.1) is 0 Å². The molecule has 0 bridgehead atoms. The van der Waals surface area contributed by atoms with Crippen molar-refractivity contribution in [1.29, 1.82) is 0 Å². The summed E-state index contributed by atoms with van der Waals surface area (Å²) in [6.07, 6.45) is 4.25. The Morgan fingerprint density at radius 2 is 1.54 bits per heavy atom. The molecule has 3 rings (SSSR count). The Kier molecular flexibility index (Phi) is 5.33. The van der Waals surface area contributed by atoms with Gasteiger partial charge < -0.3 is 4.18 Å². The number of hydrogen-bond donors (Lipinski definition) is 0. The lowest BCUT2D eigenvalue weighted by Crippen LogP contribution is -2.19. The quantitative estimate of drug-likeness (QED) is 0.595. The molecule has 0 spiro atoms. The minimum absolute atomic E-state index is 0.160. The van der Waals surface area contributed by atoms with Crippen LogP contribution in [0, 0.1) is 0 Å². The van der Waals surface area contributed by atoms with Crippen molar-refractivity contribution < 1.29 is 12.6 Å². The van der Waals surface area contributed by atoms with E-state index in [2.05, 4.69) is 4.90 Å². The zero-order valence-electron chi connectivity index (χ0n) is 13.5. The molecule has 0 radical (unpaired) electrons. The fourth-order valence-electron chi connectivity index (χ4n) is 2.73. The molecule has 0 saturated carbocycles. The van der Waals surface area contributed by atoms with Crippen LogP contribution in [0.5, 0.6) is 0 Å². The van der Waals surface area contributed by atoms with Crippen molar-refractivity contribution in [3.05, 3.63) is 72.3 Å². The van der Waals surface area contributed by atoms with Gasteiger partial charge in [0.25, 0.3) is 0 Å². The molecule has 0 amide bonds. The molecule has 1 aliphatic heterocycles. The van der Waals surface area contributed by atoms with Crippen molar-refractivity contribution in [3.8, 4) is 0 Å². The Labute approximate surface area is 143 Å². The molecule has 1 fully saturated rings. The average Bonchev–Trinajstić information content (AvgIpc) is 3.14. The molecule has 1 aliphatic rings. The Hall–Kier alpha value is -2.11. The van der Waals surface area contributed by atoms with E-state index in [1.165, 1.54) is 12.8 Å². The summed E-state index contributed by atoms with van der Waals surface area (Å²) in [5.41, 5.74) is 0.760. The summed E-state index contributed by atoms with van der Waals surface area (Å²) in [6, 6.07) is 17.6. The van der Waals surface area contributed by atoms with Crippen molar-refractivity contribution in [2.45, 2.75) is 17.7 Å². The molecule has 0 aromatic heterocycles. The molecule has 1 heterocycles. The molecule has 0 atom stereocenters. The van der Waals surface area contributed by atoms with Gasteiger partial charge in [-0.05, 0) is 44.1 Å². The van der Waals surface area contributed by atoms with Gasteiger partial charge in [-0.25, -0.2) is 0 Å². The summed E-state index contributed by atoms with van der Waals surface area (Å²) in [7, 11) is -3.84. The van der Waals surface area contributed by atoms with E-state index in [9.17, 15) is 8.42 Å². The summed E-state index contributed by atoms with van der Waals surface area (Å²) < 4.78 is 30.5. The predicted molar refractivity (Wildman–Crippen MR) is 94.8 cm³/mol. The highest BCUT2D eigenvalue weighted by atomic mass is 32.2. The average molecular weight is 343 g/mol. The maximum absolute atomic E-state index is 12.5. The van der Waals surface area contributed by atoms with Crippen LogP contribution in [0.15, 0.2) is 71.6 Å². The first kappa shape index (κ1) is 16.7. The normalized spacial score (nSPS) is 16.2. The van der Waals surface area contributed by atoms with Crippen LogP contribution in [-0.4, -0.2) is 33.0 Å². The lowest BCUT2D eigenvalue weighted by molar-refractivity contribution is 0.374. The highest BCUT2D eigenvalue weighted by Gasteiger charge is 2.19. The molecular formula is C19H21NO3S. The van der Waals surface area contributed by atoms with Crippen molar-refractivity contribution in [1.82, 2.24) is 4.90 Å². The van der Waals surface area contributed by atoms with E-state index in [0.717, 1.165) is 18.7 Å². The van der Waals surface area contributed by atoms with Crippen molar-refractivity contribution in [3.63, 3.8) is 0 Å². The number of benzene rings is 2. The Bertz CT molecular complexity index is 780. The number of rotatable bonds is 6. The van der Waals surface area contributed by atoms with E-state index < -0.39 is 10.1 Å². The minimum Gasteiger partial charge on any atom is -0.379 e. The second kappa shape index (κ2) is 7.64. The Morgan fingerprint density at radius 1 is 0.958 bits per heavy atom. The lowest BCUT2D eigenvalue weighted by atomic mass is 10.2. The highest BCUT2D eigenvalue weighted by molar-refractivity contribution is 7.87. The van der Waals surface area contributed by atoms with Crippen molar-refractivity contribution in [2.75, 3.05) is 19.6 Å². The first-order valence-corrected chi connectivity index (χ1v) is 9.53. The predicted octanol–water partition coefficient (Wildman–Crippen LogP) is 3.53. The summed E-state index contributed by atoms with van der Waals surface area (Å²) in [5.74, 6) is 0.381. The third-order valence-corrected chi connectivity index (χ3v) is 5.27. The van der Waals surface area contributed by atoms with Gasteiger partial charge in [0.1, 0.15) is 10.7 Å². The van der Waals surface area contributed by atoms with Crippen LogP contribution in [0.25, 0.3) is 5.76 Å². The molecule has 4 nitrogen and oxygen atoms in total. The largest absolute Gasteiger partial charge is 0.379 e. The zero-order valence-corrected chi connectivity index (χ0v) is 14.3. The smallest absolute Gasteiger partial charge is 0.339 e. The monoisotopic (exact) mass is 343 g/mol. The summed E-state index contributed by atoms with van der Waals surface area (Å²) in [5, 5.41) is 0. The number of hydrogen-bond acceptors (Lipinski definition) is 4. The van der Waals surface area contributed by atoms with Crippen LogP contribution in [-0.2, 0) is 14.3 Å². The molecule has 5 heteroatoms. The summed E-state index contributed by atoms with van der Waals surface area (Å²) >= 11 is 0. The molecule has 2 aromatic rings. The van der Waals surface area contributed by atoms with Gasteiger partial charge in [0.05, 0.1) is 0 Å². The second-order valence-corrected chi connectivity index (χ2v) is 7.34. The fraction of sp³-hybridized carbons (Fsp3) is 0.263. The second-order valence-electron chi connectivity index (χ2n) is 5.79. The van der Waals surface area contributed by atoms with E-state index >= 15 is 0 Å². The zero-order chi connectivity index (χ0) is 16.8. The van der Waals surface area contributed by atoms with Gasteiger partial charge in [-0.2, -0.15) is 8.42 Å². The molecule has 1 saturated heterocycles. The van der Waals surface area contributed by atoms with Crippen LogP contribution in [0.1, 0.15) is 18.4 Å². The molecule has 0 aliphatic carbocycles. The molecule has 0 N–H and O–H groups in total. The molecule has 0 unspecified atom stereocenters. The third-order valence-electron chi connectivity index (χ3n) is 4.02. The molecule has 126 valence electrons. The number of likely N-dealkylation sites (tertiary alicyclic amines) is 1. The summed E-state index contributed by atoms with van der Waals surface area (Å²) in [4.78, 5) is 2.45. The lowest BCUT2D eigenvalue weighted by Gasteiger charge is -2.15. The highest BCUT2D eigenvalue weighted by Crippen LogP contribution is 2.23. The SMILES string of the molecule is O=S(=O)(OC(=CCN1CCCC1)c1ccccc1)c1ccccc1. The van der Waals surface area contributed by atoms with Crippen LogP contribution in [0.4, 0.5) is 0 Å². The van der Waals surface area contributed by atoms with Crippen LogP contribution in [0.3, 0.4) is 0 Å². The van der Waals surface area contributed by atoms with Gasteiger partial charge >= 0.3 is 10.1 Å². The molecular weight excluding hydrogens is 322 g/mol. The fourth-order valence-corrected chi connectivity index (χ4v) is 3.72. The van der Waals surface area contributed by atoms with E-state index in [0.29, 0.717) is 12.3 Å². The van der Waals surface area contributed by atoms with E-state index in [4.69, 9.17) is 4.18 Å². The number of nitrogens with zero attached hydrogens (tertiary/aromatic N) is 1. The standard InChI is InChI=1S/C19H21NO3S/c21-24(22,18-11-5-2-6-12-18)23-19(17-9-3-1-4-10-17)13-16-20-14-7-8-15-20/h1-6,9-13H,7-8,14-16H2.